The first-order valence-electron chi connectivity index (χ1n) is 21.1. The van der Waals surface area contributed by atoms with Crippen molar-refractivity contribution in [1.29, 1.82) is 0 Å². The van der Waals surface area contributed by atoms with Gasteiger partial charge in [-0.3, -0.25) is 18.6 Å². The van der Waals surface area contributed by atoms with Crippen molar-refractivity contribution in [1.82, 2.24) is 0 Å². The number of unbranched alkanes of at least 4 members (excludes halogenated alkanes) is 18. The lowest BCUT2D eigenvalue weighted by molar-refractivity contribution is -0.161. The normalized spacial score (nSPS) is 13.8. The molecule has 0 saturated heterocycles. The van der Waals surface area contributed by atoms with Gasteiger partial charge in [0.1, 0.15) is 6.61 Å². The van der Waals surface area contributed by atoms with Gasteiger partial charge in [-0.1, -0.05) is 146 Å². The van der Waals surface area contributed by atoms with Gasteiger partial charge in [0.2, 0.25) is 0 Å². The Morgan fingerprint density at radius 1 is 0.585 bits per heavy atom. The number of nitrogens with two attached hydrogens (primary N) is 1. The van der Waals surface area contributed by atoms with Gasteiger partial charge in [-0.15, -0.1) is 0 Å². The molecule has 0 spiro atoms. The Hall–Kier alpha value is -2.03. The molecule has 0 fully saturated rings. The highest BCUT2D eigenvalue weighted by molar-refractivity contribution is 7.47. The van der Waals surface area contributed by atoms with Gasteiger partial charge in [-0.05, 0) is 70.6 Å². The van der Waals surface area contributed by atoms with Crippen LogP contribution in [0.1, 0.15) is 181 Å². The van der Waals surface area contributed by atoms with E-state index in [0.717, 1.165) is 77.0 Å². The van der Waals surface area contributed by atoms with E-state index in [-0.39, 0.29) is 32.6 Å². The quantitative estimate of drug-likeness (QED) is 0.0271. The van der Waals surface area contributed by atoms with Crippen molar-refractivity contribution < 1.29 is 37.6 Å². The average Bonchev–Trinajstić information content (AvgIpc) is 3.14. The fourth-order valence-corrected chi connectivity index (χ4v) is 6.35. The predicted octanol–water partition coefficient (Wildman–Crippen LogP) is 11.9. The number of ether oxygens (including phenoxy) is 2. The summed E-state index contributed by atoms with van der Waals surface area (Å²) < 4.78 is 32.7. The summed E-state index contributed by atoms with van der Waals surface area (Å²) in [5.74, 6) is -0.854. The van der Waals surface area contributed by atoms with E-state index >= 15 is 0 Å². The number of allylic oxidation sites excluding steroid dienone is 8. The third kappa shape index (κ3) is 39.5. The summed E-state index contributed by atoms with van der Waals surface area (Å²) in [6.45, 7) is 3.59. The van der Waals surface area contributed by atoms with Crippen LogP contribution in [0.25, 0.3) is 0 Å². The number of esters is 2. The molecule has 0 bridgehead atoms. The van der Waals surface area contributed by atoms with Gasteiger partial charge in [-0.25, -0.2) is 4.57 Å². The first-order chi connectivity index (χ1) is 25.8. The minimum absolute atomic E-state index is 0.0487. The van der Waals surface area contributed by atoms with Crippen molar-refractivity contribution >= 4 is 19.8 Å². The molecule has 0 aliphatic carbocycles. The lowest BCUT2D eigenvalue weighted by Gasteiger charge is -2.19. The third-order valence-corrected chi connectivity index (χ3v) is 9.68. The van der Waals surface area contributed by atoms with Crippen LogP contribution in [0.3, 0.4) is 0 Å². The summed E-state index contributed by atoms with van der Waals surface area (Å²) in [6, 6.07) is 0. The van der Waals surface area contributed by atoms with Gasteiger partial charge in [0.25, 0.3) is 0 Å². The topological polar surface area (TPSA) is 134 Å². The van der Waals surface area contributed by atoms with E-state index in [9.17, 15) is 19.0 Å². The van der Waals surface area contributed by atoms with Crippen LogP contribution in [-0.4, -0.2) is 49.3 Å². The lowest BCUT2D eigenvalue weighted by atomic mass is 10.1. The van der Waals surface area contributed by atoms with Crippen LogP contribution >= 0.6 is 7.82 Å². The second-order valence-corrected chi connectivity index (χ2v) is 15.3. The molecule has 0 radical (unpaired) electrons. The number of carbonyl (C=O) groups is 2. The molecule has 10 heteroatoms. The Kier molecular flexibility index (Phi) is 38.1. The van der Waals surface area contributed by atoms with Crippen LogP contribution in [0.4, 0.5) is 0 Å². The van der Waals surface area contributed by atoms with E-state index in [0.29, 0.717) is 12.8 Å². The molecule has 0 rings (SSSR count). The summed E-state index contributed by atoms with van der Waals surface area (Å²) in [7, 11) is -4.38. The molecular formula is C43H78NO8P. The fraction of sp³-hybridized carbons (Fsp3) is 0.767. The molecule has 0 aromatic heterocycles. The SMILES string of the molecule is CCC=CCC=CCC=CCCCCCCCC(=O)OCC(COP(=O)(O)OCCN)OC(=O)CCCCCCCCCC=CCCCCCCCC. The molecule has 0 aromatic rings. The van der Waals surface area contributed by atoms with E-state index in [2.05, 4.69) is 62.5 Å². The minimum atomic E-state index is -4.38. The van der Waals surface area contributed by atoms with E-state index in [1.165, 1.54) is 64.2 Å². The second-order valence-electron chi connectivity index (χ2n) is 13.8. The van der Waals surface area contributed by atoms with Gasteiger partial charge in [0.15, 0.2) is 6.10 Å². The summed E-state index contributed by atoms with van der Waals surface area (Å²) in [5, 5.41) is 0. The first kappa shape index (κ1) is 51.0. The molecule has 53 heavy (non-hydrogen) atoms. The molecule has 2 unspecified atom stereocenters. The maximum absolute atomic E-state index is 12.6. The van der Waals surface area contributed by atoms with Crippen LogP contribution in [0.5, 0.6) is 0 Å². The maximum atomic E-state index is 12.6. The summed E-state index contributed by atoms with van der Waals surface area (Å²) >= 11 is 0. The largest absolute Gasteiger partial charge is 0.472 e. The molecule has 0 saturated carbocycles. The van der Waals surface area contributed by atoms with Crippen LogP contribution in [0.15, 0.2) is 48.6 Å². The fourth-order valence-electron chi connectivity index (χ4n) is 5.58. The smallest absolute Gasteiger partial charge is 0.462 e. The molecule has 0 aliphatic heterocycles. The van der Waals surface area contributed by atoms with E-state index in [1.54, 1.807) is 0 Å². The molecular weight excluding hydrogens is 689 g/mol. The first-order valence-corrected chi connectivity index (χ1v) is 22.6. The molecule has 3 N–H and O–H groups in total. The van der Waals surface area contributed by atoms with Gasteiger partial charge in [0.05, 0.1) is 13.2 Å². The zero-order valence-corrected chi connectivity index (χ0v) is 34.6. The number of phosphoric ester groups is 1. The minimum Gasteiger partial charge on any atom is -0.462 e. The monoisotopic (exact) mass is 768 g/mol. The Morgan fingerprint density at radius 2 is 1.04 bits per heavy atom. The third-order valence-electron chi connectivity index (χ3n) is 8.70. The number of hydrogen-bond acceptors (Lipinski definition) is 8. The Morgan fingerprint density at radius 3 is 1.57 bits per heavy atom. The molecule has 0 amide bonds. The van der Waals surface area contributed by atoms with Crippen molar-refractivity contribution in [2.24, 2.45) is 5.73 Å². The number of phosphoric acid groups is 1. The summed E-state index contributed by atoms with van der Waals surface area (Å²) in [6.07, 6.45) is 44.2. The van der Waals surface area contributed by atoms with Gasteiger partial charge >= 0.3 is 19.8 Å². The highest BCUT2D eigenvalue weighted by Gasteiger charge is 2.26. The maximum Gasteiger partial charge on any atom is 0.472 e. The standard InChI is InChI=1S/C43H78NO8P/c1-3-5-7-9-11-13-15-17-19-20-22-24-26-28-30-32-34-36-43(46)52-41(40-51-53(47,48)50-38-37-44)39-49-42(45)35-33-31-29-27-25-23-21-18-16-14-12-10-8-6-4-2/h6,8,12,14,17-19,21,41H,3-5,7,9-11,13,15-16,20,22-40,44H2,1-2H3,(H,47,48). The van der Waals surface area contributed by atoms with Crippen molar-refractivity contribution in [2.75, 3.05) is 26.4 Å². The molecule has 0 aromatic carbocycles. The van der Waals surface area contributed by atoms with Gasteiger partial charge in [-0.2, -0.15) is 0 Å². The van der Waals surface area contributed by atoms with Gasteiger partial charge < -0.3 is 20.1 Å². The molecule has 2 atom stereocenters. The average molecular weight is 768 g/mol. The van der Waals surface area contributed by atoms with Crippen LogP contribution in [0, 0.1) is 0 Å². The lowest BCUT2D eigenvalue weighted by Crippen LogP contribution is -2.29. The molecule has 0 heterocycles. The highest BCUT2D eigenvalue weighted by atomic mass is 31.2. The molecule has 9 nitrogen and oxygen atoms in total. The Bertz CT molecular complexity index is 1010. The van der Waals surface area contributed by atoms with Crippen LogP contribution in [-0.2, 0) is 32.7 Å². The van der Waals surface area contributed by atoms with Crippen molar-refractivity contribution in [3.63, 3.8) is 0 Å². The Balaban J connectivity index is 4.20. The zero-order valence-electron chi connectivity index (χ0n) is 33.7. The van der Waals surface area contributed by atoms with E-state index < -0.39 is 32.5 Å². The summed E-state index contributed by atoms with van der Waals surface area (Å²) in [5.41, 5.74) is 5.34. The molecule has 0 aliphatic rings. The van der Waals surface area contributed by atoms with Crippen LogP contribution < -0.4 is 5.73 Å². The van der Waals surface area contributed by atoms with E-state index in [1.807, 2.05) is 0 Å². The number of rotatable bonds is 39. The number of hydrogen-bond donors (Lipinski definition) is 2. The van der Waals surface area contributed by atoms with Crippen LogP contribution in [0.2, 0.25) is 0 Å². The van der Waals surface area contributed by atoms with E-state index in [4.69, 9.17) is 24.3 Å². The highest BCUT2D eigenvalue weighted by Crippen LogP contribution is 2.43. The number of carbonyl (C=O) groups excluding carboxylic acids is 2. The second kappa shape index (κ2) is 39.7. The molecule has 308 valence electrons. The zero-order chi connectivity index (χ0) is 38.9. The Labute approximate surface area is 324 Å². The summed E-state index contributed by atoms with van der Waals surface area (Å²) in [4.78, 5) is 34.8. The van der Waals surface area contributed by atoms with Crippen molar-refractivity contribution in [3.05, 3.63) is 48.6 Å². The van der Waals surface area contributed by atoms with Gasteiger partial charge in [0, 0.05) is 19.4 Å². The van der Waals surface area contributed by atoms with Crippen molar-refractivity contribution in [2.45, 2.75) is 187 Å². The predicted molar refractivity (Wildman–Crippen MR) is 220 cm³/mol. The van der Waals surface area contributed by atoms with Crippen molar-refractivity contribution in [3.8, 4) is 0 Å².